The van der Waals surface area contributed by atoms with Gasteiger partial charge in [-0.25, -0.2) is 4.98 Å². The van der Waals surface area contributed by atoms with Crippen molar-refractivity contribution in [1.82, 2.24) is 10.3 Å². The molecule has 80 valence electrons. The minimum absolute atomic E-state index is 0.196. The molecule has 1 aliphatic carbocycles. The average Bonchev–Trinajstić information content (AvgIpc) is 2.90. The van der Waals surface area contributed by atoms with Gasteiger partial charge in [0.05, 0.1) is 5.69 Å². The Morgan fingerprint density at radius 1 is 1.47 bits per heavy atom. The SMILES string of the molecule is Cc1csc(NC(=O)C(=O)NC2CC2)n1. The van der Waals surface area contributed by atoms with Crippen LogP contribution < -0.4 is 10.6 Å². The number of hydrogen-bond donors (Lipinski definition) is 2. The summed E-state index contributed by atoms with van der Waals surface area (Å²) in [5, 5.41) is 7.33. The fourth-order valence-corrected chi connectivity index (χ4v) is 1.73. The molecule has 0 aliphatic heterocycles. The number of thiazole rings is 1. The van der Waals surface area contributed by atoms with Crippen molar-refractivity contribution in [3.05, 3.63) is 11.1 Å². The Labute approximate surface area is 90.9 Å². The lowest BCUT2D eigenvalue weighted by Crippen LogP contribution is -2.36. The molecule has 0 bridgehead atoms. The maximum atomic E-state index is 11.3. The van der Waals surface area contributed by atoms with Crippen molar-refractivity contribution < 1.29 is 9.59 Å². The van der Waals surface area contributed by atoms with Crippen molar-refractivity contribution in [3.63, 3.8) is 0 Å². The Bertz CT molecular complexity index is 398. The third-order valence-corrected chi connectivity index (χ3v) is 2.83. The maximum absolute atomic E-state index is 11.3. The Balaban J connectivity index is 1.87. The van der Waals surface area contributed by atoms with Gasteiger partial charge in [0.25, 0.3) is 0 Å². The molecule has 0 aromatic carbocycles. The first-order valence-corrected chi connectivity index (χ1v) is 5.57. The second kappa shape index (κ2) is 3.98. The van der Waals surface area contributed by atoms with Gasteiger partial charge in [0, 0.05) is 11.4 Å². The Hall–Kier alpha value is -1.43. The van der Waals surface area contributed by atoms with Gasteiger partial charge in [-0.2, -0.15) is 0 Å². The highest BCUT2D eigenvalue weighted by Crippen LogP contribution is 2.18. The molecule has 0 unspecified atom stereocenters. The molecule has 2 N–H and O–H groups in total. The van der Waals surface area contributed by atoms with E-state index in [1.54, 1.807) is 0 Å². The van der Waals surface area contributed by atoms with Crippen molar-refractivity contribution in [2.24, 2.45) is 0 Å². The largest absolute Gasteiger partial charge is 0.345 e. The van der Waals surface area contributed by atoms with E-state index in [1.807, 2.05) is 12.3 Å². The molecule has 5 nitrogen and oxygen atoms in total. The fourth-order valence-electron chi connectivity index (χ4n) is 1.04. The van der Waals surface area contributed by atoms with E-state index in [9.17, 15) is 9.59 Å². The second-order valence-electron chi connectivity index (χ2n) is 3.50. The van der Waals surface area contributed by atoms with Gasteiger partial charge >= 0.3 is 11.8 Å². The van der Waals surface area contributed by atoms with Crippen LogP contribution in [-0.2, 0) is 9.59 Å². The molecule has 0 atom stereocenters. The minimum Gasteiger partial charge on any atom is -0.345 e. The van der Waals surface area contributed by atoms with Gasteiger partial charge in [-0.05, 0) is 19.8 Å². The van der Waals surface area contributed by atoms with Gasteiger partial charge in [-0.1, -0.05) is 0 Å². The maximum Gasteiger partial charge on any atom is 0.315 e. The molecule has 0 spiro atoms. The number of nitrogens with one attached hydrogen (secondary N) is 2. The molecule has 1 fully saturated rings. The average molecular weight is 225 g/mol. The molecular formula is C9H11N3O2S. The highest BCUT2D eigenvalue weighted by Gasteiger charge is 2.26. The number of hydrogen-bond acceptors (Lipinski definition) is 4. The van der Waals surface area contributed by atoms with Gasteiger partial charge in [0.1, 0.15) is 0 Å². The van der Waals surface area contributed by atoms with Crippen molar-refractivity contribution >= 4 is 28.3 Å². The van der Waals surface area contributed by atoms with Crippen LogP contribution in [0.2, 0.25) is 0 Å². The highest BCUT2D eigenvalue weighted by molar-refractivity contribution is 7.14. The topological polar surface area (TPSA) is 71.1 Å². The summed E-state index contributed by atoms with van der Waals surface area (Å²) in [5.41, 5.74) is 0.831. The van der Waals surface area contributed by atoms with E-state index in [0.717, 1.165) is 18.5 Å². The summed E-state index contributed by atoms with van der Waals surface area (Å²) in [6.07, 6.45) is 1.94. The monoisotopic (exact) mass is 225 g/mol. The van der Waals surface area contributed by atoms with E-state index in [4.69, 9.17) is 0 Å². The van der Waals surface area contributed by atoms with Gasteiger partial charge in [0.2, 0.25) is 0 Å². The van der Waals surface area contributed by atoms with E-state index < -0.39 is 11.8 Å². The quantitative estimate of drug-likeness (QED) is 0.727. The molecule has 1 heterocycles. The normalized spacial score (nSPS) is 14.7. The zero-order valence-electron chi connectivity index (χ0n) is 8.24. The Morgan fingerprint density at radius 3 is 2.73 bits per heavy atom. The van der Waals surface area contributed by atoms with Crippen LogP contribution in [0.3, 0.4) is 0 Å². The number of carbonyl (C=O) groups excluding carboxylic acids is 2. The lowest BCUT2D eigenvalue weighted by molar-refractivity contribution is -0.136. The molecule has 1 aromatic heterocycles. The van der Waals surface area contributed by atoms with E-state index in [1.165, 1.54) is 11.3 Å². The van der Waals surface area contributed by atoms with Crippen molar-refractivity contribution in [2.45, 2.75) is 25.8 Å². The summed E-state index contributed by atoms with van der Waals surface area (Å²) < 4.78 is 0. The van der Waals surface area contributed by atoms with E-state index in [0.29, 0.717) is 5.13 Å². The van der Waals surface area contributed by atoms with Crippen LogP contribution in [0.4, 0.5) is 5.13 Å². The lowest BCUT2D eigenvalue weighted by Gasteiger charge is -2.01. The van der Waals surface area contributed by atoms with E-state index in [2.05, 4.69) is 15.6 Å². The van der Waals surface area contributed by atoms with Gasteiger partial charge in [-0.15, -0.1) is 11.3 Å². The zero-order chi connectivity index (χ0) is 10.8. The van der Waals surface area contributed by atoms with Crippen LogP contribution >= 0.6 is 11.3 Å². The summed E-state index contributed by atoms with van der Waals surface area (Å²) in [6.45, 7) is 1.83. The number of aromatic nitrogens is 1. The molecule has 6 heteroatoms. The number of aryl methyl sites for hydroxylation is 1. The van der Waals surface area contributed by atoms with Gasteiger partial charge in [0.15, 0.2) is 5.13 Å². The Kier molecular flexibility index (Phi) is 2.68. The second-order valence-corrected chi connectivity index (χ2v) is 4.35. The predicted molar refractivity (Wildman–Crippen MR) is 56.6 cm³/mol. The van der Waals surface area contributed by atoms with E-state index >= 15 is 0 Å². The standard InChI is InChI=1S/C9H11N3O2S/c1-5-4-15-9(10-5)12-8(14)7(13)11-6-2-3-6/h4,6H,2-3H2,1H3,(H,11,13)(H,10,12,14). The molecule has 1 aromatic rings. The minimum atomic E-state index is -0.642. The van der Waals surface area contributed by atoms with Gasteiger partial charge in [-0.3, -0.25) is 14.9 Å². The molecule has 15 heavy (non-hydrogen) atoms. The molecule has 2 amide bonds. The summed E-state index contributed by atoms with van der Waals surface area (Å²) in [7, 11) is 0. The third-order valence-electron chi connectivity index (χ3n) is 1.96. The molecular weight excluding hydrogens is 214 g/mol. The van der Waals surface area contributed by atoms with Crippen molar-refractivity contribution in [2.75, 3.05) is 5.32 Å². The van der Waals surface area contributed by atoms with Crippen molar-refractivity contribution in [1.29, 1.82) is 0 Å². The van der Waals surface area contributed by atoms with Crippen molar-refractivity contribution in [3.8, 4) is 0 Å². The summed E-state index contributed by atoms with van der Waals surface area (Å²) >= 11 is 1.31. The van der Waals surface area contributed by atoms with Crippen LogP contribution in [0, 0.1) is 6.92 Å². The first-order chi connectivity index (χ1) is 7.15. The fraction of sp³-hybridized carbons (Fsp3) is 0.444. The highest BCUT2D eigenvalue weighted by atomic mass is 32.1. The summed E-state index contributed by atoms with van der Waals surface area (Å²) in [6, 6.07) is 0.196. The number of carbonyl (C=O) groups is 2. The first-order valence-electron chi connectivity index (χ1n) is 4.69. The number of rotatable bonds is 2. The smallest absolute Gasteiger partial charge is 0.315 e. The zero-order valence-corrected chi connectivity index (χ0v) is 9.06. The Morgan fingerprint density at radius 2 is 2.20 bits per heavy atom. The van der Waals surface area contributed by atoms with Crippen LogP contribution in [0.1, 0.15) is 18.5 Å². The number of amides is 2. The predicted octanol–water partition coefficient (Wildman–Crippen LogP) is 0.669. The summed E-state index contributed by atoms with van der Waals surface area (Å²) in [4.78, 5) is 26.6. The lowest BCUT2D eigenvalue weighted by atomic mass is 10.5. The number of nitrogens with zero attached hydrogens (tertiary/aromatic N) is 1. The molecule has 0 saturated heterocycles. The summed E-state index contributed by atoms with van der Waals surface area (Å²) in [5.74, 6) is -1.22. The molecule has 0 radical (unpaired) electrons. The first kappa shape index (κ1) is 10.1. The molecule has 1 saturated carbocycles. The molecule has 2 rings (SSSR count). The van der Waals surface area contributed by atoms with Gasteiger partial charge < -0.3 is 5.32 Å². The van der Waals surface area contributed by atoms with Crippen LogP contribution in [0.25, 0.3) is 0 Å². The number of anilines is 1. The van der Waals surface area contributed by atoms with Crippen LogP contribution in [0.15, 0.2) is 5.38 Å². The van der Waals surface area contributed by atoms with Crippen LogP contribution in [-0.4, -0.2) is 22.8 Å². The molecule has 1 aliphatic rings. The van der Waals surface area contributed by atoms with Crippen LogP contribution in [0.5, 0.6) is 0 Å². The third kappa shape index (κ3) is 2.76. The van der Waals surface area contributed by atoms with E-state index in [-0.39, 0.29) is 6.04 Å².